The summed E-state index contributed by atoms with van der Waals surface area (Å²) >= 11 is 5.88. The summed E-state index contributed by atoms with van der Waals surface area (Å²) in [4.78, 5) is 29.6. The molecule has 3 aromatic carbocycles. The first kappa shape index (κ1) is 29.3. The van der Waals surface area contributed by atoms with E-state index in [1.165, 1.54) is 19.4 Å². The number of amides is 1. The third kappa shape index (κ3) is 6.04. The van der Waals surface area contributed by atoms with E-state index < -0.39 is 23.4 Å². The van der Waals surface area contributed by atoms with Gasteiger partial charge in [-0.15, -0.1) is 0 Å². The average molecular weight is 593 g/mol. The molecular formula is C33H28ClF3N2O3. The van der Waals surface area contributed by atoms with Crippen molar-refractivity contribution in [3.05, 3.63) is 106 Å². The third-order valence-electron chi connectivity index (χ3n) is 7.65. The summed E-state index contributed by atoms with van der Waals surface area (Å²) in [5.74, 6) is -3.35. The Morgan fingerprint density at radius 1 is 1.00 bits per heavy atom. The van der Waals surface area contributed by atoms with Gasteiger partial charge in [0.1, 0.15) is 11.6 Å². The lowest BCUT2D eigenvalue weighted by Gasteiger charge is -2.22. The molecule has 1 aliphatic heterocycles. The summed E-state index contributed by atoms with van der Waals surface area (Å²) in [5.41, 5.74) is 3.20. The molecule has 0 saturated carbocycles. The van der Waals surface area contributed by atoms with Crippen LogP contribution in [0.25, 0.3) is 22.3 Å². The minimum absolute atomic E-state index is 0.00442. The Morgan fingerprint density at radius 3 is 2.52 bits per heavy atom. The average Bonchev–Trinajstić information content (AvgIpc) is 2.98. The lowest BCUT2D eigenvalue weighted by molar-refractivity contribution is -0.139. The minimum atomic E-state index is -0.860. The van der Waals surface area contributed by atoms with Crippen LogP contribution < -0.4 is 5.32 Å². The van der Waals surface area contributed by atoms with Crippen LogP contribution in [0.2, 0.25) is 5.02 Å². The molecule has 4 aromatic rings. The lowest BCUT2D eigenvalue weighted by atomic mass is 9.86. The third-order valence-corrected chi connectivity index (χ3v) is 7.95. The number of halogens is 4. The zero-order valence-corrected chi connectivity index (χ0v) is 23.8. The Labute approximate surface area is 246 Å². The van der Waals surface area contributed by atoms with Crippen molar-refractivity contribution in [3.8, 4) is 22.3 Å². The molecule has 5 nitrogen and oxygen atoms in total. The number of carbonyl (C=O) groups excluding carboxylic acids is 2. The first-order valence-corrected chi connectivity index (χ1v) is 13.9. The van der Waals surface area contributed by atoms with Crippen molar-refractivity contribution >= 4 is 29.2 Å². The SMILES string of the molecule is COC(=O)Cc1ccc2c(c1)NC(=O)C(C)CCCC(c1ccc(-c3c(F)ccc(Cl)c3F)cn1)c1ccc(F)c-2c1. The number of hydrogen-bond acceptors (Lipinski definition) is 4. The fourth-order valence-electron chi connectivity index (χ4n) is 5.30. The van der Waals surface area contributed by atoms with Crippen LogP contribution in [0.4, 0.5) is 18.9 Å². The van der Waals surface area contributed by atoms with Gasteiger partial charge in [-0.25, -0.2) is 13.2 Å². The van der Waals surface area contributed by atoms with E-state index in [0.717, 1.165) is 17.7 Å². The van der Waals surface area contributed by atoms with Crippen LogP contribution in [0.5, 0.6) is 0 Å². The summed E-state index contributed by atoms with van der Waals surface area (Å²) in [6.45, 7) is 1.83. The second-order valence-corrected chi connectivity index (χ2v) is 10.8. The fraction of sp³-hybridized carbons (Fsp3) is 0.242. The second-order valence-electron chi connectivity index (χ2n) is 10.4. The van der Waals surface area contributed by atoms with Crippen LogP contribution in [-0.4, -0.2) is 24.0 Å². The van der Waals surface area contributed by atoms with Gasteiger partial charge in [0, 0.05) is 46.1 Å². The van der Waals surface area contributed by atoms with Crippen molar-refractivity contribution in [3.63, 3.8) is 0 Å². The first-order chi connectivity index (χ1) is 20.2. The van der Waals surface area contributed by atoms with Gasteiger partial charge in [-0.2, -0.15) is 0 Å². The molecule has 2 atom stereocenters. The lowest BCUT2D eigenvalue weighted by Crippen LogP contribution is -2.21. The van der Waals surface area contributed by atoms with Gasteiger partial charge >= 0.3 is 5.97 Å². The van der Waals surface area contributed by atoms with E-state index in [0.29, 0.717) is 41.8 Å². The Kier molecular flexibility index (Phi) is 8.64. The Morgan fingerprint density at radius 2 is 1.79 bits per heavy atom. The van der Waals surface area contributed by atoms with E-state index in [1.807, 2.05) is 6.92 Å². The number of hydrogen-bond donors (Lipinski definition) is 1. The normalized spacial score (nSPS) is 17.0. The maximum Gasteiger partial charge on any atom is 0.309 e. The van der Waals surface area contributed by atoms with Crippen LogP contribution in [-0.2, 0) is 20.7 Å². The molecular weight excluding hydrogens is 565 g/mol. The van der Waals surface area contributed by atoms with E-state index in [-0.39, 0.29) is 45.9 Å². The number of rotatable bonds is 4. The van der Waals surface area contributed by atoms with Crippen LogP contribution in [0, 0.1) is 23.4 Å². The second kappa shape index (κ2) is 12.4. The van der Waals surface area contributed by atoms with Crippen molar-refractivity contribution in [1.82, 2.24) is 4.98 Å². The number of esters is 1. The summed E-state index contributed by atoms with van der Waals surface area (Å²) in [5, 5.41) is 2.74. The molecule has 1 N–H and O–H groups in total. The summed E-state index contributed by atoms with van der Waals surface area (Å²) < 4.78 is 49.2. The molecule has 0 aliphatic carbocycles. The topological polar surface area (TPSA) is 68.3 Å². The zero-order valence-electron chi connectivity index (χ0n) is 23.0. The summed E-state index contributed by atoms with van der Waals surface area (Å²) in [6, 6.07) is 15.4. The molecule has 2 heterocycles. The fourth-order valence-corrected chi connectivity index (χ4v) is 5.45. The van der Waals surface area contributed by atoms with Crippen molar-refractivity contribution in [2.45, 2.75) is 38.5 Å². The predicted molar refractivity (Wildman–Crippen MR) is 156 cm³/mol. The van der Waals surface area contributed by atoms with E-state index in [4.69, 9.17) is 16.3 Å². The summed E-state index contributed by atoms with van der Waals surface area (Å²) in [6.07, 6.45) is 3.28. The summed E-state index contributed by atoms with van der Waals surface area (Å²) in [7, 11) is 1.30. The van der Waals surface area contributed by atoms with Gasteiger partial charge in [0.2, 0.25) is 5.91 Å². The van der Waals surface area contributed by atoms with Crippen LogP contribution in [0.15, 0.2) is 66.9 Å². The Balaban J connectivity index is 1.58. The van der Waals surface area contributed by atoms with Gasteiger partial charge in [0.25, 0.3) is 0 Å². The molecule has 2 unspecified atom stereocenters. The molecule has 1 amide bonds. The Bertz CT molecular complexity index is 1660. The molecule has 0 spiro atoms. The van der Waals surface area contributed by atoms with Gasteiger partial charge in [-0.05, 0) is 60.4 Å². The van der Waals surface area contributed by atoms with Gasteiger partial charge in [-0.1, -0.05) is 49.2 Å². The molecule has 0 fully saturated rings. The minimum Gasteiger partial charge on any atom is -0.469 e. The first-order valence-electron chi connectivity index (χ1n) is 13.6. The van der Waals surface area contributed by atoms with Crippen molar-refractivity contribution < 1.29 is 27.5 Å². The number of methoxy groups -OCH3 is 1. The molecule has 5 rings (SSSR count). The van der Waals surface area contributed by atoms with Crippen LogP contribution in [0.3, 0.4) is 0 Å². The molecule has 1 aromatic heterocycles. The van der Waals surface area contributed by atoms with Gasteiger partial charge in [0.15, 0.2) is 5.82 Å². The van der Waals surface area contributed by atoms with Crippen molar-refractivity contribution in [1.29, 1.82) is 0 Å². The maximum absolute atomic E-state index is 15.3. The van der Waals surface area contributed by atoms with E-state index in [9.17, 15) is 18.4 Å². The number of anilines is 1. The predicted octanol–water partition coefficient (Wildman–Crippen LogP) is 8.09. The number of pyridine rings is 1. The molecule has 42 heavy (non-hydrogen) atoms. The standard InChI is InChI=1S/C33H28ClF3N2O3/c1-18-4-3-5-22(28-13-8-21(17-38-28)31-27(36)12-10-25(34)32(31)37)20-7-11-26(35)24(16-20)23-9-6-19(15-30(40)42-2)14-29(23)39-33(18)41/h6-14,16-18,22H,3-5,15H2,1-2H3,(H,39,41). The highest BCUT2D eigenvalue weighted by Gasteiger charge is 2.24. The largest absolute Gasteiger partial charge is 0.469 e. The van der Waals surface area contributed by atoms with Crippen molar-refractivity contribution in [2.75, 3.05) is 12.4 Å². The van der Waals surface area contributed by atoms with E-state index >= 15 is 4.39 Å². The highest BCUT2D eigenvalue weighted by atomic mass is 35.5. The van der Waals surface area contributed by atoms with Crippen LogP contribution in [0.1, 0.15) is 48.9 Å². The van der Waals surface area contributed by atoms with Gasteiger partial charge < -0.3 is 10.1 Å². The molecule has 0 radical (unpaired) electrons. The highest BCUT2D eigenvalue weighted by Crippen LogP contribution is 2.38. The van der Waals surface area contributed by atoms with E-state index in [1.54, 1.807) is 42.5 Å². The molecule has 0 saturated heterocycles. The zero-order chi connectivity index (χ0) is 30.0. The molecule has 9 heteroatoms. The highest BCUT2D eigenvalue weighted by molar-refractivity contribution is 6.31. The Hall–Kier alpha value is -4.17. The van der Waals surface area contributed by atoms with Gasteiger partial charge in [-0.3, -0.25) is 14.6 Å². The number of carbonyl (C=O) groups is 2. The van der Waals surface area contributed by atoms with Crippen LogP contribution >= 0.6 is 11.6 Å². The number of ether oxygens (including phenoxy) is 1. The maximum atomic E-state index is 15.3. The van der Waals surface area contributed by atoms with E-state index in [2.05, 4.69) is 10.3 Å². The number of fused-ring (bicyclic) bond motifs is 4. The molecule has 216 valence electrons. The van der Waals surface area contributed by atoms with Crippen molar-refractivity contribution in [2.24, 2.45) is 5.92 Å². The number of nitrogens with one attached hydrogen (secondary N) is 1. The van der Waals surface area contributed by atoms with Gasteiger partial charge in [0.05, 0.1) is 24.1 Å². The number of nitrogens with zero attached hydrogens (tertiary/aromatic N) is 1. The number of aromatic nitrogens is 1. The quantitative estimate of drug-likeness (QED) is 0.192. The molecule has 2 bridgehead atoms. The number of benzene rings is 3. The smallest absolute Gasteiger partial charge is 0.309 e. The molecule has 1 aliphatic rings. The monoisotopic (exact) mass is 592 g/mol.